The molecule has 1 saturated heterocycles. The van der Waals surface area contributed by atoms with Crippen molar-refractivity contribution in [2.24, 2.45) is 11.3 Å². The van der Waals surface area contributed by atoms with Crippen molar-refractivity contribution in [1.29, 1.82) is 0 Å². The van der Waals surface area contributed by atoms with Gasteiger partial charge in [-0.05, 0) is 31.1 Å². The Morgan fingerprint density at radius 2 is 1.74 bits per heavy atom. The highest BCUT2D eigenvalue weighted by Crippen LogP contribution is 2.37. The van der Waals surface area contributed by atoms with Crippen molar-refractivity contribution in [1.82, 2.24) is 4.90 Å². The first kappa shape index (κ1) is 14.4. The van der Waals surface area contributed by atoms with Gasteiger partial charge in [-0.2, -0.15) is 0 Å². The number of nitrogens with zero attached hydrogens (tertiary/aromatic N) is 1. The van der Waals surface area contributed by atoms with Crippen LogP contribution in [-0.2, 0) is 9.59 Å². The number of hydrogen-bond donors (Lipinski definition) is 1. The monoisotopic (exact) mass is 267 g/mol. The van der Waals surface area contributed by atoms with Crippen molar-refractivity contribution in [2.75, 3.05) is 6.54 Å². The van der Waals surface area contributed by atoms with Gasteiger partial charge in [-0.25, -0.2) is 4.79 Å². The Balaban J connectivity index is 2.15. The summed E-state index contributed by atoms with van der Waals surface area (Å²) in [4.78, 5) is 25.8. The van der Waals surface area contributed by atoms with Crippen LogP contribution in [0.3, 0.4) is 0 Å². The predicted octanol–water partition coefficient (Wildman–Crippen LogP) is 2.67. The molecule has 4 heteroatoms. The minimum absolute atomic E-state index is 0.0597. The van der Waals surface area contributed by atoms with E-state index in [0.717, 1.165) is 38.5 Å². The Morgan fingerprint density at radius 3 is 2.32 bits per heavy atom. The minimum atomic E-state index is -0.853. The standard InChI is InChI=1S/C15H25NO3/c1-15(2)9-6-10-16(12(15)14(18)19)13(17)11-7-4-3-5-8-11/h11-12H,3-10H2,1-2H3,(H,18,19). The highest BCUT2D eigenvalue weighted by molar-refractivity contribution is 5.86. The van der Waals surface area contributed by atoms with Crippen LogP contribution in [0.2, 0.25) is 0 Å². The minimum Gasteiger partial charge on any atom is -0.480 e. The van der Waals surface area contributed by atoms with Crippen LogP contribution in [-0.4, -0.2) is 34.5 Å². The van der Waals surface area contributed by atoms with E-state index in [1.165, 1.54) is 6.42 Å². The van der Waals surface area contributed by atoms with Crippen LogP contribution < -0.4 is 0 Å². The van der Waals surface area contributed by atoms with Crippen molar-refractivity contribution in [3.8, 4) is 0 Å². The highest BCUT2D eigenvalue weighted by atomic mass is 16.4. The van der Waals surface area contributed by atoms with E-state index in [4.69, 9.17) is 0 Å². The van der Waals surface area contributed by atoms with Gasteiger partial charge in [0, 0.05) is 12.5 Å². The quantitative estimate of drug-likeness (QED) is 0.836. The van der Waals surface area contributed by atoms with Crippen molar-refractivity contribution in [3.05, 3.63) is 0 Å². The Labute approximate surface area is 115 Å². The number of aliphatic carboxylic acids is 1. The molecule has 1 aliphatic carbocycles. The van der Waals surface area contributed by atoms with Crippen molar-refractivity contribution in [2.45, 2.75) is 64.8 Å². The third kappa shape index (κ3) is 2.93. The highest BCUT2D eigenvalue weighted by Gasteiger charge is 2.45. The molecule has 1 atom stereocenters. The van der Waals surface area contributed by atoms with E-state index in [9.17, 15) is 14.7 Å². The summed E-state index contributed by atoms with van der Waals surface area (Å²) in [6.07, 6.45) is 7.06. The second kappa shape index (κ2) is 5.51. The van der Waals surface area contributed by atoms with Gasteiger partial charge in [0.15, 0.2) is 0 Å². The number of rotatable bonds is 2. The van der Waals surface area contributed by atoms with Crippen LogP contribution in [0.5, 0.6) is 0 Å². The topological polar surface area (TPSA) is 57.6 Å². The Hall–Kier alpha value is -1.06. The van der Waals surface area contributed by atoms with Gasteiger partial charge in [0.1, 0.15) is 6.04 Å². The van der Waals surface area contributed by atoms with Gasteiger partial charge in [-0.1, -0.05) is 33.1 Å². The van der Waals surface area contributed by atoms with Gasteiger partial charge in [0.2, 0.25) is 5.91 Å². The van der Waals surface area contributed by atoms with Crippen LogP contribution in [0.25, 0.3) is 0 Å². The molecule has 0 aromatic carbocycles. The smallest absolute Gasteiger partial charge is 0.326 e. The van der Waals surface area contributed by atoms with Gasteiger partial charge in [0.25, 0.3) is 0 Å². The average molecular weight is 267 g/mol. The molecule has 1 N–H and O–H groups in total. The van der Waals surface area contributed by atoms with Crippen molar-refractivity contribution in [3.63, 3.8) is 0 Å². The molecule has 1 heterocycles. The van der Waals surface area contributed by atoms with Gasteiger partial charge < -0.3 is 10.0 Å². The molecule has 1 unspecified atom stereocenters. The molecule has 2 rings (SSSR count). The maximum atomic E-state index is 12.6. The molecule has 1 amide bonds. The van der Waals surface area contributed by atoms with Gasteiger partial charge in [-0.3, -0.25) is 4.79 Å². The molecule has 2 aliphatic rings. The number of carbonyl (C=O) groups is 2. The molecule has 1 aliphatic heterocycles. The molecule has 108 valence electrons. The molecule has 0 aromatic heterocycles. The van der Waals surface area contributed by atoms with E-state index in [1.807, 2.05) is 13.8 Å². The summed E-state index contributed by atoms with van der Waals surface area (Å²) < 4.78 is 0. The fourth-order valence-electron chi connectivity index (χ4n) is 3.68. The SMILES string of the molecule is CC1(C)CCCN(C(=O)C2CCCCC2)C1C(=O)O. The zero-order valence-corrected chi connectivity index (χ0v) is 12.0. The van der Waals surface area contributed by atoms with Crippen LogP contribution >= 0.6 is 0 Å². The number of likely N-dealkylation sites (tertiary alicyclic amines) is 1. The van der Waals surface area contributed by atoms with E-state index in [2.05, 4.69) is 0 Å². The molecule has 19 heavy (non-hydrogen) atoms. The summed E-state index contributed by atoms with van der Waals surface area (Å²) in [6, 6.07) is -0.657. The molecule has 2 fully saturated rings. The normalized spacial score (nSPS) is 28.1. The predicted molar refractivity (Wildman–Crippen MR) is 72.7 cm³/mol. The number of carboxylic acids is 1. The lowest BCUT2D eigenvalue weighted by molar-refractivity contribution is -0.161. The number of piperidine rings is 1. The van der Waals surface area contributed by atoms with E-state index in [-0.39, 0.29) is 17.2 Å². The molecule has 1 saturated carbocycles. The summed E-state index contributed by atoms with van der Waals surface area (Å²) in [5.74, 6) is -0.710. The van der Waals surface area contributed by atoms with Crippen molar-refractivity contribution < 1.29 is 14.7 Å². The van der Waals surface area contributed by atoms with E-state index < -0.39 is 12.0 Å². The summed E-state index contributed by atoms with van der Waals surface area (Å²) in [6.45, 7) is 4.54. The van der Waals surface area contributed by atoms with Crippen LogP contribution in [0.4, 0.5) is 0 Å². The van der Waals surface area contributed by atoms with Crippen LogP contribution in [0.1, 0.15) is 58.8 Å². The molecule has 0 bridgehead atoms. The number of amides is 1. The van der Waals surface area contributed by atoms with E-state index in [0.29, 0.717) is 6.54 Å². The first-order valence-corrected chi connectivity index (χ1v) is 7.47. The average Bonchev–Trinajstić information content (AvgIpc) is 2.37. The Morgan fingerprint density at radius 1 is 1.11 bits per heavy atom. The zero-order chi connectivity index (χ0) is 14.0. The first-order chi connectivity index (χ1) is 8.93. The summed E-state index contributed by atoms with van der Waals surface area (Å²) in [7, 11) is 0. The number of hydrogen-bond acceptors (Lipinski definition) is 2. The molecule has 4 nitrogen and oxygen atoms in total. The van der Waals surface area contributed by atoms with E-state index in [1.54, 1.807) is 4.90 Å². The molecule has 0 spiro atoms. The summed E-state index contributed by atoms with van der Waals surface area (Å²) >= 11 is 0. The van der Waals surface area contributed by atoms with Gasteiger partial charge in [-0.15, -0.1) is 0 Å². The third-order valence-electron chi connectivity index (χ3n) is 4.74. The molecular weight excluding hydrogens is 242 g/mol. The maximum absolute atomic E-state index is 12.6. The lowest BCUT2D eigenvalue weighted by atomic mass is 9.75. The van der Waals surface area contributed by atoms with E-state index >= 15 is 0 Å². The first-order valence-electron chi connectivity index (χ1n) is 7.47. The number of carbonyl (C=O) groups excluding carboxylic acids is 1. The lowest BCUT2D eigenvalue weighted by Crippen LogP contribution is -2.57. The second-order valence-corrected chi connectivity index (χ2v) is 6.70. The second-order valence-electron chi connectivity index (χ2n) is 6.70. The maximum Gasteiger partial charge on any atom is 0.326 e. The molecule has 0 aromatic rings. The van der Waals surface area contributed by atoms with Crippen LogP contribution in [0, 0.1) is 11.3 Å². The van der Waals surface area contributed by atoms with Crippen molar-refractivity contribution >= 4 is 11.9 Å². The lowest BCUT2D eigenvalue weighted by Gasteiger charge is -2.45. The Kier molecular flexibility index (Phi) is 4.16. The molecular formula is C15H25NO3. The fraction of sp³-hybridized carbons (Fsp3) is 0.867. The largest absolute Gasteiger partial charge is 0.480 e. The Bertz CT molecular complexity index is 358. The van der Waals surface area contributed by atoms with Crippen LogP contribution in [0.15, 0.2) is 0 Å². The van der Waals surface area contributed by atoms with Gasteiger partial charge >= 0.3 is 5.97 Å². The summed E-state index contributed by atoms with van der Waals surface area (Å²) in [5.41, 5.74) is -0.325. The summed E-state index contributed by atoms with van der Waals surface area (Å²) in [5, 5.41) is 9.50. The third-order valence-corrected chi connectivity index (χ3v) is 4.74. The zero-order valence-electron chi connectivity index (χ0n) is 12.0. The fourth-order valence-corrected chi connectivity index (χ4v) is 3.68. The molecule has 0 radical (unpaired) electrons. The van der Waals surface area contributed by atoms with Gasteiger partial charge in [0.05, 0.1) is 0 Å². The number of carboxylic acid groups (broad SMARTS) is 1.